The molecule has 112 valence electrons. The summed E-state index contributed by atoms with van der Waals surface area (Å²) in [5, 5.41) is 14.0. The number of amides is 1. The van der Waals surface area contributed by atoms with Crippen LogP contribution < -0.4 is 0 Å². The van der Waals surface area contributed by atoms with Gasteiger partial charge in [0.05, 0.1) is 18.8 Å². The van der Waals surface area contributed by atoms with Crippen LogP contribution in [0.3, 0.4) is 0 Å². The third-order valence-corrected chi connectivity index (χ3v) is 3.25. The van der Waals surface area contributed by atoms with Crippen molar-refractivity contribution < 1.29 is 14.6 Å². The molecule has 0 radical (unpaired) electrons. The standard InChI is InChI=1S/C14H23N3O3/c1-5-17-8-10-6-16(13(19)20-14(2,3)4)7-11(9-18)12(10)15-17/h8,11,18H,5-7,9H2,1-4H3. The van der Waals surface area contributed by atoms with Crippen LogP contribution in [0.1, 0.15) is 44.9 Å². The van der Waals surface area contributed by atoms with Gasteiger partial charge in [-0.25, -0.2) is 4.79 Å². The molecule has 0 aliphatic carbocycles. The Hall–Kier alpha value is -1.56. The highest BCUT2D eigenvalue weighted by Gasteiger charge is 2.32. The predicted molar refractivity (Wildman–Crippen MR) is 74.4 cm³/mol. The fraction of sp³-hybridized carbons (Fsp3) is 0.714. The lowest BCUT2D eigenvalue weighted by Crippen LogP contribution is -2.42. The van der Waals surface area contributed by atoms with E-state index in [-0.39, 0.29) is 18.6 Å². The highest BCUT2D eigenvalue weighted by Crippen LogP contribution is 2.28. The van der Waals surface area contributed by atoms with Gasteiger partial charge in [-0.1, -0.05) is 0 Å². The zero-order chi connectivity index (χ0) is 14.9. The Morgan fingerprint density at radius 2 is 2.25 bits per heavy atom. The number of carbonyl (C=O) groups excluding carboxylic acids is 1. The molecule has 1 aliphatic heterocycles. The molecule has 6 heteroatoms. The summed E-state index contributed by atoms with van der Waals surface area (Å²) in [7, 11) is 0. The normalized spacial score (nSPS) is 18.9. The first-order valence-corrected chi connectivity index (χ1v) is 6.99. The van der Waals surface area contributed by atoms with Gasteiger partial charge in [0.15, 0.2) is 0 Å². The van der Waals surface area contributed by atoms with Gasteiger partial charge in [-0.05, 0) is 27.7 Å². The van der Waals surface area contributed by atoms with E-state index in [9.17, 15) is 9.90 Å². The van der Waals surface area contributed by atoms with Gasteiger partial charge >= 0.3 is 6.09 Å². The van der Waals surface area contributed by atoms with E-state index < -0.39 is 5.60 Å². The maximum atomic E-state index is 12.2. The molecule has 1 amide bonds. The highest BCUT2D eigenvalue weighted by atomic mass is 16.6. The van der Waals surface area contributed by atoms with Gasteiger partial charge in [0.25, 0.3) is 0 Å². The van der Waals surface area contributed by atoms with Gasteiger partial charge in [-0.15, -0.1) is 0 Å². The first kappa shape index (κ1) is 14.8. The molecule has 0 bridgehead atoms. The average Bonchev–Trinajstić information content (AvgIpc) is 2.78. The minimum absolute atomic E-state index is 0.0208. The van der Waals surface area contributed by atoms with Crippen LogP contribution >= 0.6 is 0 Å². The van der Waals surface area contributed by atoms with Gasteiger partial charge in [0, 0.05) is 30.8 Å². The highest BCUT2D eigenvalue weighted by molar-refractivity contribution is 5.68. The number of fused-ring (bicyclic) bond motifs is 1. The number of carbonyl (C=O) groups is 1. The van der Waals surface area contributed by atoms with Crippen molar-refractivity contribution in [3.05, 3.63) is 17.5 Å². The summed E-state index contributed by atoms with van der Waals surface area (Å²) in [5.41, 5.74) is 1.37. The van der Waals surface area contributed by atoms with Crippen molar-refractivity contribution in [1.82, 2.24) is 14.7 Å². The molecule has 1 aliphatic rings. The second-order valence-corrected chi connectivity index (χ2v) is 6.14. The number of nitrogens with zero attached hydrogens (tertiary/aromatic N) is 3. The molecular weight excluding hydrogens is 258 g/mol. The summed E-state index contributed by atoms with van der Waals surface area (Å²) >= 11 is 0. The number of aliphatic hydroxyl groups excluding tert-OH is 1. The van der Waals surface area contributed by atoms with Crippen molar-refractivity contribution in [2.45, 2.75) is 52.3 Å². The largest absolute Gasteiger partial charge is 0.444 e. The van der Waals surface area contributed by atoms with Crippen LogP contribution in [0.15, 0.2) is 6.20 Å². The van der Waals surface area contributed by atoms with Crippen molar-refractivity contribution in [3.63, 3.8) is 0 Å². The lowest BCUT2D eigenvalue weighted by Gasteiger charge is -2.32. The van der Waals surface area contributed by atoms with Gasteiger partial charge in [0.2, 0.25) is 0 Å². The molecule has 6 nitrogen and oxygen atoms in total. The average molecular weight is 281 g/mol. The quantitative estimate of drug-likeness (QED) is 0.896. The minimum atomic E-state index is -0.514. The molecule has 0 saturated carbocycles. The van der Waals surface area contributed by atoms with Crippen LogP contribution in [-0.4, -0.2) is 44.6 Å². The Bertz CT molecular complexity index is 490. The third-order valence-electron chi connectivity index (χ3n) is 3.25. The number of hydrogen-bond acceptors (Lipinski definition) is 4. The fourth-order valence-corrected chi connectivity index (χ4v) is 2.34. The Morgan fingerprint density at radius 3 is 2.80 bits per heavy atom. The van der Waals surface area contributed by atoms with Crippen molar-refractivity contribution in [3.8, 4) is 0 Å². The van der Waals surface area contributed by atoms with E-state index in [1.165, 1.54) is 0 Å². The molecule has 2 rings (SSSR count). The van der Waals surface area contributed by atoms with Crippen LogP contribution in [0.2, 0.25) is 0 Å². The van der Waals surface area contributed by atoms with Crippen LogP contribution in [0.25, 0.3) is 0 Å². The van der Waals surface area contributed by atoms with Gasteiger partial charge in [-0.2, -0.15) is 5.10 Å². The first-order valence-electron chi connectivity index (χ1n) is 6.99. The zero-order valence-electron chi connectivity index (χ0n) is 12.6. The topological polar surface area (TPSA) is 67.6 Å². The number of aromatic nitrogens is 2. The summed E-state index contributed by atoms with van der Waals surface area (Å²) in [6, 6.07) is 0. The minimum Gasteiger partial charge on any atom is -0.444 e. The van der Waals surface area contributed by atoms with E-state index in [0.717, 1.165) is 17.8 Å². The zero-order valence-corrected chi connectivity index (χ0v) is 12.6. The third kappa shape index (κ3) is 3.12. The van der Waals surface area contributed by atoms with Crippen molar-refractivity contribution in [2.75, 3.05) is 13.2 Å². The van der Waals surface area contributed by atoms with E-state index >= 15 is 0 Å². The van der Waals surface area contributed by atoms with Crippen LogP contribution in [0.5, 0.6) is 0 Å². The molecule has 1 aromatic heterocycles. The fourth-order valence-electron chi connectivity index (χ4n) is 2.34. The lowest BCUT2D eigenvalue weighted by molar-refractivity contribution is 0.0189. The molecule has 0 aromatic carbocycles. The molecular formula is C14H23N3O3. The Morgan fingerprint density at radius 1 is 1.55 bits per heavy atom. The number of aryl methyl sites for hydroxylation is 1. The smallest absolute Gasteiger partial charge is 0.410 e. The predicted octanol–water partition coefficient (Wildman–Crippen LogP) is 1.73. The van der Waals surface area contributed by atoms with E-state index in [1.807, 2.05) is 38.6 Å². The van der Waals surface area contributed by atoms with E-state index in [2.05, 4.69) is 5.10 Å². The number of rotatable bonds is 2. The van der Waals surface area contributed by atoms with Crippen molar-refractivity contribution in [2.24, 2.45) is 0 Å². The summed E-state index contributed by atoms with van der Waals surface area (Å²) in [6.45, 7) is 9.24. The molecule has 0 saturated heterocycles. The Labute approximate surface area is 119 Å². The van der Waals surface area contributed by atoms with Crippen molar-refractivity contribution >= 4 is 6.09 Å². The van der Waals surface area contributed by atoms with Crippen LogP contribution in [0.4, 0.5) is 4.79 Å². The molecule has 1 aromatic rings. The molecule has 1 unspecified atom stereocenters. The molecule has 0 fully saturated rings. The summed E-state index contributed by atoms with van der Waals surface area (Å²) in [6.07, 6.45) is 1.60. The van der Waals surface area contributed by atoms with E-state index in [1.54, 1.807) is 4.90 Å². The van der Waals surface area contributed by atoms with E-state index in [0.29, 0.717) is 13.1 Å². The van der Waals surface area contributed by atoms with Crippen molar-refractivity contribution in [1.29, 1.82) is 0 Å². The monoisotopic (exact) mass is 281 g/mol. The summed E-state index contributed by atoms with van der Waals surface area (Å²) in [5.74, 6) is -0.140. The maximum Gasteiger partial charge on any atom is 0.410 e. The molecule has 1 N–H and O–H groups in total. The molecule has 2 heterocycles. The second-order valence-electron chi connectivity index (χ2n) is 6.14. The Balaban J connectivity index is 2.18. The number of aliphatic hydroxyl groups is 1. The summed E-state index contributed by atoms with van der Waals surface area (Å²) in [4.78, 5) is 13.8. The van der Waals surface area contributed by atoms with E-state index in [4.69, 9.17) is 4.74 Å². The van der Waals surface area contributed by atoms with Crippen LogP contribution in [-0.2, 0) is 17.8 Å². The van der Waals surface area contributed by atoms with Crippen LogP contribution in [0, 0.1) is 0 Å². The van der Waals surface area contributed by atoms with Gasteiger partial charge in [-0.3, -0.25) is 4.68 Å². The molecule has 0 spiro atoms. The molecule has 1 atom stereocenters. The Kier molecular flexibility index (Phi) is 4.04. The SMILES string of the molecule is CCn1cc2c(n1)C(CO)CN(C(=O)OC(C)(C)C)C2. The first-order chi connectivity index (χ1) is 9.34. The van der Waals surface area contributed by atoms with Gasteiger partial charge < -0.3 is 14.7 Å². The summed E-state index contributed by atoms with van der Waals surface area (Å²) < 4.78 is 7.24. The maximum absolute atomic E-state index is 12.2. The lowest BCUT2D eigenvalue weighted by atomic mass is 9.98. The second kappa shape index (κ2) is 5.44. The molecule has 20 heavy (non-hydrogen) atoms. The number of ether oxygens (including phenoxy) is 1. The number of hydrogen-bond donors (Lipinski definition) is 1. The van der Waals surface area contributed by atoms with Gasteiger partial charge in [0.1, 0.15) is 5.60 Å².